The fourth-order valence-corrected chi connectivity index (χ4v) is 3.16. The summed E-state index contributed by atoms with van der Waals surface area (Å²) in [6, 6.07) is 5.95. The molecule has 1 saturated heterocycles. The van der Waals surface area contributed by atoms with Crippen molar-refractivity contribution >= 4 is 5.91 Å². The molecule has 5 nitrogen and oxygen atoms in total. The smallest absolute Gasteiger partial charge is 0.227 e. The van der Waals surface area contributed by atoms with Crippen LogP contribution in [0.15, 0.2) is 18.2 Å². The van der Waals surface area contributed by atoms with Gasteiger partial charge in [-0.1, -0.05) is 19.9 Å². The highest BCUT2D eigenvalue weighted by Crippen LogP contribution is 2.27. The van der Waals surface area contributed by atoms with E-state index in [4.69, 9.17) is 9.47 Å². The minimum Gasteiger partial charge on any atom is -0.493 e. The van der Waals surface area contributed by atoms with Crippen molar-refractivity contribution in [3.05, 3.63) is 23.8 Å². The van der Waals surface area contributed by atoms with E-state index in [2.05, 4.69) is 19.2 Å². The van der Waals surface area contributed by atoms with E-state index in [1.807, 2.05) is 23.1 Å². The zero-order valence-electron chi connectivity index (χ0n) is 15.3. The molecule has 1 aromatic rings. The van der Waals surface area contributed by atoms with Gasteiger partial charge in [-0.15, -0.1) is 0 Å². The lowest BCUT2D eigenvalue weighted by Gasteiger charge is -2.27. The molecule has 1 heterocycles. The molecule has 1 aliphatic heterocycles. The Morgan fingerprint density at radius 2 is 2.04 bits per heavy atom. The van der Waals surface area contributed by atoms with Crippen molar-refractivity contribution in [2.24, 2.45) is 11.8 Å². The maximum absolute atomic E-state index is 12.8. The number of nitrogens with zero attached hydrogens (tertiary/aromatic N) is 1. The van der Waals surface area contributed by atoms with Gasteiger partial charge in [-0.2, -0.15) is 0 Å². The SMILES string of the molecule is COc1ccc(CCN(CC(C)C)C(=O)C2CCNC2)cc1OC. The van der Waals surface area contributed by atoms with Gasteiger partial charge in [0, 0.05) is 19.6 Å². The summed E-state index contributed by atoms with van der Waals surface area (Å²) in [5.74, 6) is 2.35. The van der Waals surface area contributed by atoms with Gasteiger partial charge in [-0.3, -0.25) is 4.79 Å². The molecule has 0 bridgehead atoms. The predicted octanol–water partition coefficient (Wildman–Crippen LogP) is 2.34. The Labute approximate surface area is 145 Å². The van der Waals surface area contributed by atoms with Crippen LogP contribution in [0.25, 0.3) is 0 Å². The molecule has 1 N–H and O–H groups in total. The molecule has 1 unspecified atom stereocenters. The molecule has 0 saturated carbocycles. The maximum atomic E-state index is 12.8. The second-order valence-electron chi connectivity index (χ2n) is 6.81. The summed E-state index contributed by atoms with van der Waals surface area (Å²) < 4.78 is 10.6. The molecule has 1 amide bonds. The van der Waals surface area contributed by atoms with E-state index < -0.39 is 0 Å². The highest BCUT2D eigenvalue weighted by Gasteiger charge is 2.27. The quantitative estimate of drug-likeness (QED) is 0.793. The van der Waals surface area contributed by atoms with Crippen LogP contribution >= 0.6 is 0 Å². The number of amides is 1. The second-order valence-corrected chi connectivity index (χ2v) is 6.81. The number of carbonyl (C=O) groups is 1. The molecule has 0 spiro atoms. The van der Waals surface area contributed by atoms with Gasteiger partial charge in [-0.05, 0) is 43.0 Å². The molecule has 0 aliphatic carbocycles. The third kappa shape index (κ3) is 4.87. The summed E-state index contributed by atoms with van der Waals surface area (Å²) in [6.45, 7) is 7.62. The predicted molar refractivity (Wildman–Crippen MR) is 95.6 cm³/mol. The number of carbonyl (C=O) groups excluding carboxylic acids is 1. The first kappa shape index (κ1) is 18.6. The van der Waals surface area contributed by atoms with Gasteiger partial charge in [0.25, 0.3) is 0 Å². The Bertz CT molecular complexity index is 539. The van der Waals surface area contributed by atoms with Crippen LogP contribution in [0.4, 0.5) is 0 Å². The summed E-state index contributed by atoms with van der Waals surface area (Å²) in [4.78, 5) is 14.8. The lowest BCUT2D eigenvalue weighted by Crippen LogP contribution is -2.40. The maximum Gasteiger partial charge on any atom is 0.227 e. The van der Waals surface area contributed by atoms with Crippen LogP contribution in [0.3, 0.4) is 0 Å². The van der Waals surface area contributed by atoms with Crippen LogP contribution in [0.5, 0.6) is 11.5 Å². The van der Waals surface area contributed by atoms with Crippen LogP contribution in [0, 0.1) is 11.8 Å². The summed E-state index contributed by atoms with van der Waals surface area (Å²) in [6.07, 6.45) is 1.77. The molecule has 0 radical (unpaired) electrons. The van der Waals surface area contributed by atoms with Gasteiger partial charge in [-0.25, -0.2) is 0 Å². The van der Waals surface area contributed by atoms with Gasteiger partial charge in [0.1, 0.15) is 0 Å². The van der Waals surface area contributed by atoms with Gasteiger partial charge < -0.3 is 19.7 Å². The van der Waals surface area contributed by atoms with Crippen molar-refractivity contribution in [2.75, 3.05) is 40.4 Å². The Morgan fingerprint density at radius 3 is 2.62 bits per heavy atom. The Kier molecular flexibility index (Phi) is 6.91. The van der Waals surface area contributed by atoms with Gasteiger partial charge >= 0.3 is 0 Å². The van der Waals surface area contributed by atoms with Crippen molar-refractivity contribution in [2.45, 2.75) is 26.7 Å². The average molecular weight is 334 g/mol. The van der Waals surface area contributed by atoms with E-state index >= 15 is 0 Å². The first-order chi connectivity index (χ1) is 11.5. The van der Waals surface area contributed by atoms with Crippen molar-refractivity contribution in [1.29, 1.82) is 0 Å². The number of ether oxygens (including phenoxy) is 2. The number of rotatable bonds is 8. The second kappa shape index (κ2) is 8.92. The molecule has 2 rings (SSSR count). The lowest BCUT2D eigenvalue weighted by molar-refractivity contribution is -0.135. The normalized spacial score (nSPS) is 17.1. The van der Waals surface area contributed by atoms with Crippen LogP contribution in [-0.4, -0.2) is 51.2 Å². The molecule has 5 heteroatoms. The first-order valence-corrected chi connectivity index (χ1v) is 8.75. The number of hydrogen-bond donors (Lipinski definition) is 1. The molecule has 134 valence electrons. The Morgan fingerprint density at radius 1 is 1.29 bits per heavy atom. The number of benzene rings is 1. The Balaban J connectivity index is 2.02. The fourth-order valence-electron chi connectivity index (χ4n) is 3.16. The van der Waals surface area contributed by atoms with Crippen LogP contribution in [-0.2, 0) is 11.2 Å². The summed E-state index contributed by atoms with van der Waals surface area (Å²) in [5, 5.41) is 3.29. The van der Waals surface area contributed by atoms with E-state index in [9.17, 15) is 4.79 Å². The number of hydrogen-bond acceptors (Lipinski definition) is 4. The monoisotopic (exact) mass is 334 g/mol. The van der Waals surface area contributed by atoms with Crippen molar-refractivity contribution in [1.82, 2.24) is 10.2 Å². The van der Waals surface area contributed by atoms with E-state index in [0.717, 1.165) is 56.1 Å². The zero-order valence-corrected chi connectivity index (χ0v) is 15.3. The average Bonchev–Trinajstić information content (AvgIpc) is 3.11. The molecular weight excluding hydrogens is 304 g/mol. The zero-order chi connectivity index (χ0) is 17.5. The van der Waals surface area contributed by atoms with E-state index in [1.54, 1.807) is 14.2 Å². The standard InChI is InChI=1S/C19H30N2O3/c1-14(2)13-21(19(22)16-7-9-20-12-16)10-8-15-5-6-17(23-3)18(11-15)24-4/h5-6,11,14,16,20H,7-10,12-13H2,1-4H3. The molecule has 24 heavy (non-hydrogen) atoms. The minimum absolute atomic E-state index is 0.133. The summed E-state index contributed by atoms with van der Waals surface area (Å²) >= 11 is 0. The fraction of sp³-hybridized carbons (Fsp3) is 0.632. The van der Waals surface area contributed by atoms with E-state index in [0.29, 0.717) is 5.92 Å². The topological polar surface area (TPSA) is 50.8 Å². The molecule has 1 fully saturated rings. The molecule has 1 aliphatic rings. The van der Waals surface area contributed by atoms with Gasteiger partial charge in [0.2, 0.25) is 5.91 Å². The van der Waals surface area contributed by atoms with Crippen molar-refractivity contribution in [3.63, 3.8) is 0 Å². The molecule has 1 aromatic carbocycles. The van der Waals surface area contributed by atoms with E-state index in [1.165, 1.54) is 0 Å². The number of methoxy groups -OCH3 is 2. The largest absolute Gasteiger partial charge is 0.493 e. The highest BCUT2D eigenvalue weighted by molar-refractivity contribution is 5.79. The summed E-state index contributed by atoms with van der Waals surface area (Å²) in [5.41, 5.74) is 1.15. The molecule has 1 atom stereocenters. The highest BCUT2D eigenvalue weighted by atomic mass is 16.5. The number of nitrogens with one attached hydrogen (secondary N) is 1. The van der Waals surface area contributed by atoms with Crippen LogP contribution < -0.4 is 14.8 Å². The minimum atomic E-state index is 0.133. The first-order valence-electron chi connectivity index (χ1n) is 8.75. The third-order valence-corrected chi connectivity index (χ3v) is 4.43. The lowest BCUT2D eigenvalue weighted by atomic mass is 10.0. The van der Waals surface area contributed by atoms with Gasteiger partial charge in [0.05, 0.1) is 20.1 Å². The Hall–Kier alpha value is -1.75. The molecular formula is C19H30N2O3. The third-order valence-electron chi connectivity index (χ3n) is 4.43. The molecule has 0 aromatic heterocycles. The van der Waals surface area contributed by atoms with Crippen LogP contribution in [0.2, 0.25) is 0 Å². The van der Waals surface area contributed by atoms with Crippen molar-refractivity contribution < 1.29 is 14.3 Å². The summed E-state index contributed by atoms with van der Waals surface area (Å²) in [7, 11) is 3.28. The van der Waals surface area contributed by atoms with Crippen LogP contribution in [0.1, 0.15) is 25.8 Å². The van der Waals surface area contributed by atoms with Gasteiger partial charge in [0.15, 0.2) is 11.5 Å². The van der Waals surface area contributed by atoms with E-state index in [-0.39, 0.29) is 11.8 Å². The van der Waals surface area contributed by atoms with Crippen molar-refractivity contribution in [3.8, 4) is 11.5 Å².